The molecule has 24 heteroatoms. The minimum absolute atomic E-state index is 0.00365. The molecule has 0 amide bonds. The summed E-state index contributed by atoms with van der Waals surface area (Å²) in [5.41, 5.74) is 11.8. The third-order valence-corrected chi connectivity index (χ3v) is 9.15. The van der Waals surface area contributed by atoms with E-state index < -0.39 is 78.1 Å². The Balaban J connectivity index is 1.26. The van der Waals surface area contributed by atoms with Crippen LogP contribution in [0.5, 0.6) is 0 Å². The number of hydrogen-bond donors (Lipinski definition) is 4. The molecular weight excluding hydrogens is 652 g/mol. The molecule has 6 rings (SSSR count). The summed E-state index contributed by atoms with van der Waals surface area (Å²) in [6.07, 6.45) is -11.2. The fourth-order valence-corrected chi connectivity index (χ4v) is 7.05. The zero-order valence-electron chi connectivity index (χ0n) is 23.0. The molecule has 45 heavy (non-hydrogen) atoms. The van der Waals surface area contributed by atoms with E-state index in [1.54, 1.807) is 0 Å². The highest BCUT2D eigenvalue weighted by Crippen LogP contribution is 2.53. The number of amidine groups is 1. The van der Waals surface area contributed by atoms with Crippen LogP contribution >= 0.6 is 15.6 Å². The molecular formula is C21H26F2N10O10P2. The van der Waals surface area contributed by atoms with E-state index in [0.29, 0.717) is 0 Å². The van der Waals surface area contributed by atoms with Gasteiger partial charge in [0.25, 0.3) is 0 Å². The van der Waals surface area contributed by atoms with Crippen LogP contribution in [0.3, 0.4) is 0 Å². The Morgan fingerprint density at radius 1 is 1.04 bits per heavy atom. The molecule has 244 valence electrons. The minimum atomic E-state index is -5.14. The first-order chi connectivity index (χ1) is 21.3. The van der Waals surface area contributed by atoms with Crippen LogP contribution in [0.15, 0.2) is 39.1 Å². The third-order valence-electron chi connectivity index (χ3n) is 7.18. The number of ether oxygens (including phenoxy) is 2. The van der Waals surface area contributed by atoms with Crippen LogP contribution in [0, 0.1) is 0 Å². The maximum absolute atomic E-state index is 15.9. The van der Waals surface area contributed by atoms with Crippen molar-refractivity contribution < 1.29 is 55.3 Å². The number of imidazole rings is 1. The molecule has 0 aromatic carbocycles. The summed E-state index contributed by atoms with van der Waals surface area (Å²) in [6.45, 7) is 1.48. The second-order valence-corrected chi connectivity index (χ2v) is 12.7. The van der Waals surface area contributed by atoms with Gasteiger partial charge in [0.2, 0.25) is 0 Å². The molecule has 6 heterocycles. The Hall–Kier alpha value is -3.30. The summed E-state index contributed by atoms with van der Waals surface area (Å²) in [5, 5.41) is 0. The van der Waals surface area contributed by atoms with Crippen molar-refractivity contribution in [2.75, 3.05) is 26.0 Å². The van der Waals surface area contributed by atoms with E-state index in [1.165, 1.54) is 7.05 Å². The van der Waals surface area contributed by atoms with E-state index >= 15 is 8.78 Å². The molecule has 20 nitrogen and oxygen atoms in total. The first-order valence-corrected chi connectivity index (χ1v) is 15.9. The van der Waals surface area contributed by atoms with E-state index in [0.717, 1.165) is 28.5 Å². The molecule has 10 atom stereocenters. The number of nitrogens with two attached hydrogens (primary N) is 2. The van der Waals surface area contributed by atoms with Crippen molar-refractivity contribution in [3.05, 3.63) is 24.2 Å². The Bertz CT molecular complexity index is 1690. The number of halogens is 2. The highest BCUT2D eigenvalue weighted by Gasteiger charge is 2.56. The van der Waals surface area contributed by atoms with Gasteiger partial charge < -0.3 is 30.7 Å². The molecule has 0 spiro atoms. The molecule has 0 bridgehead atoms. The summed E-state index contributed by atoms with van der Waals surface area (Å²) >= 11 is 0. The van der Waals surface area contributed by atoms with Crippen LogP contribution in [-0.2, 0) is 36.7 Å². The Morgan fingerprint density at radius 3 is 2.24 bits per heavy atom. The lowest BCUT2D eigenvalue weighted by molar-refractivity contribution is -0.0660. The molecule has 0 radical (unpaired) electrons. The van der Waals surface area contributed by atoms with E-state index in [4.69, 9.17) is 39.0 Å². The largest absolute Gasteiger partial charge is 0.472 e. The molecule has 0 aliphatic carbocycles. The van der Waals surface area contributed by atoms with Gasteiger partial charge in [0.05, 0.1) is 25.9 Å². The van der Waals surface area contributed by atoms with Gasteiger partial charge in [0.15, 0.2) is 47.9 Å². The number of hydrogen-bond acceptors (Lipinski definition) is 16. The van der Waals surface area contributed by atoms with Crippen LogP contribution < -0.4 is 11.5 Å². The van der Waals surface area contributed by atoms with E-state index in [1.807, 2.05) is 0 Å². The summed E-state index contributed by atoms with van der Waals surface area (Å²) in [7, 11) is -8.92. The quantitative estimate of drug-likeness (QED) is 0.244. The summed E-state index contributed by atoms with van der Waals surface area (Å²) in [5.74, 6) is -0.116. The number of nitrogen functional groups attached to an aromatic ring is 1. The molecule has 6 N–H and O–H groups in total. The number of fused-ring (bicyclic) bond motifs is 3. The average molecular weight is 678 g/mol. The topological polar surface area (TPSA) is 266 Å². The maximum Gasteiger partial charge on any atom is 0.472 e. The van der Waals surface area contributed by atoms with Gasteiger partial charge >= 0.3 is 15.6 Å². The van der Waals surface area contributed by atoms with Crippen LogP contribution in [0.4, 0.5) is 14.6 Å². The zero-order chi connectivity index (χ0) is 32.3. The summed E-state index contributed by atoms with van der Waals surface area (Å²) < 4.78 is 90.6. The predicted molar refractivity (Wildman–Crippen MR) is 148 cm³/mol. The fourth-order valence-electron chi connectivity index (χ4n) is 5.13. The smallest absolute Gasteiger partial charge is 0.382 e. The molecule has 4 aliphatic heterocycles. The summed E-state index contributed by atoms with van der Waals surface area (Å²) in [4.78, 5) is 45.7. The minimum Gasteiger partial charge on any atom is -0.382 e. The number of phosphoric ester groups is 2. The molecule has 3 saturated heterocycles. The van der Waals surface area contributed by atoms with Crippen molar-refractivity contribution in [2.45, 2.75) is 49.2 Å². The second kappa shape index (κ2) is 11.8. The molecule has 2 aromatic rings. The highest BCUT2D eigenvalue weighted by molar-refractivity contribution is 7.47. The number of nitrogens with zero attached hydrogens (tertiary/aromatic N) is 8. The Kier molecular flexibility index (Phi) is 8.31. The standard InChI is InChI=1S/C21H26F2N10O10P2/c1-26-16(24)12-18(27-2)32(6-30-12)20-10(22)14-8(40-20)3-38-45(36,37)43-15-9(4-39-44(34,35)42-14)41-21(11(15)23)33-7-31-13-17(25)28-5-29-19(13)33/h5-11,14-15,20-21H,1,3-4,24H2,2H3,(H,34,35)(H,36,37)(H2,25,28,29)/b16-12+,27-18+/t8-,9-,10-,11-,14-,15-,20-,21-/m1/s1. The van der Waals surface area contributed by atoms with Crippen molar-refractivity contribution in [1.82, 2.24) is 24.4 Å². The van der Waals surface area contributed by atoms with Crippen molar-refractivity contribution in [3.63, 3.8) is 0 Å². The number of phosphoric acid groups is 2. The van der Waals surface area contributed by atoms with Gasteiger partial charge in [0, 0.05) is 7.05 Å². The van der Waals surface area contributed by atoms with Crippen molar-refractivity contribution in [3.8, 4) is 0 Å². The molecule has 2 aromatic heterocycles. The monoisotopic (exact) mass is 678 g/mol. The number of aliphatic imine (C=N–C) groups is 3. The molecule has 4 aliphatic rings. The van der Waals surface area contributed by atoms with Crippen LogP contribution in [0.2, 0.25) is 0 Å². The lowest BCUT2D eigenvalue weighted by Crippen LogP contribution is -2.43. The van der Waals surface area contributed by atoms with Gasteiger partial charge in [-0.25, -0.2) is 42.8 Å². The third kappa shape index (κ3) is 5.78. The zero-order valence-corrected chi connectivity index (χ0v) is 24.8. The molecule has 0 saturated carbocycles. The van der Waals surface area contributed by atoms with Gasteiger partial charge in [-0.15, -0.1) is 0 Å². The van der Waals surface area contributed by atoms with Crippen molar-refractivity contribution >= 4 is 51.5 Å². The fraction of sp³-hybridized carbons (Fsp3) is 0.524. The lowest BCUT2D eigenvalue weighted by atomic mass is 10.1. The number of rotatable bonds is 3. The second-order valence-electron chi connectivity index (χ2n) is 9.86. The van der Waals surface area contributed by atoms with Crippen molar-refractivity contribution in [1.29, 1.82) is 0 Å². The maximum atomic E-state index is 15.9. The van der Waals surface area contributed by atoms with Gasteiger partial charge in [-0.2, -0.15) is 0 Å². The van der Waals surface area contributed by atoms with Gasteiger partial charge in [0.1, 0.15) is 42.0 Å². The van der Waals surface area contributed by atoms with Gasteiger partial charge in [-0.05, 0) is 6.72 Å². The van der Waals surface area contributed by atoms with Crippen LogP contribution in [0.1, 0.15) is 6.23 Å². The van der Waals surface area contributed by atoms with E-state index in [-0.39, 0.29) is 34.3 Å². The van der Waals surface area contributed by atoms with Gasteiger partial charge in [-0.3, -0.25) is 32.6 Å². The molecule has 3 fully saturated rings. The predicted octanol–water partition coefficient (Wildman–Crippen LogP) is -0.0744. The van der Waals surface area contributed by atoms with Crippen molar-refractivity contribution in [2.24, 2.45) is 20.7 Å². The lowest BCUT2D eigenvalue weighted by Gasteiger charge is -2.27. The SMILES string of the molecule is C=N/C(N)=C1/N=CN([C@@H]2O[C@@H]3COP(=O)(O)O[C@H]4[C@@H](F)[C@H](n5cnc6c(N)ncnc65)O[C@@H]4COP(=O)(O)O[C@H]3[C@H]2F)/C1=N/C. The highest BCUT2D eigenvalue weighted by atomic mass is 31.2. The van der Waals surface area contributed by atoms with Gasteiger partial charge in [-0.1, -0.05) is 0 Å². The normalized spacial score (nSPS) is 41.1. The average Bonchev–Trinajstić information content (AvgIpc) is 3.75. The number of aromatic nitrogens is 4. The Morgan fingerprint density at radius 2 is 1.64 bits per heavy atom. The first kappa shape index (κ1) is 31.7. The number of anilines is 1. The Labute approximate surface area is 251 Å². The van der Waals surface area contributed by atoms with Crippen LogP contribution in [0.25, 0.3) is 11.2 Å². The summed E-state index contributed by atoms with van der Waals surface area (Å²) in [6, 6.07) is 0. The van der Waals surface area contributed by atoms with Crippen LogP contribution in [-0.4, -0.2) is 116 Å². The molecule has 2 unspecified atom stereocenters. The number of alkyl halides is 2. The van der Waals surface area contributed by atoms with E-state index in [2.05, 4.69) is 36.6 Å². The first-order valence-electron chi connectivity index (χ1n) is 12.9. The van der Waals surface area contributed by atoms with E-state index in [9.17, 15) is 18.9 Å².